The number of fused-ring (bicyclic) bond motifs is 1. The molecule has 0 spiro atoms. The van der Waals surface area contributed by atoms with Gasteiger partial charge in [0.05, 0.1) is 12.0 Å². The fourth-order valence-electron chi connectivity index (χ4n) is 5.78. The number of likely N-dealkylation sites (tertiary alicyclic amines) is 1. The van der Waals surface area contributed by atoms with Gasteiger partial charge in [-0.2, -0.15) is 10.1 Å². The molecule has 2 aromatic rings. The Morgan fingerprint density at radius 1 is 1.14 bits per heavy atom. The normalized spacial score (nSPS) is 26.3. The number of carbonyl (C=O) groups excluding carboxylic acids is 2. The van der Waals surface area contributed by atoms with E-state index in [0.717, 1.165) is 29.8 Å². The van der Waals surface area contributed by atoms with Gasteiger partial charge in [-0.25, -0.2) is 0 Å². The minimum atomic E-state index is -0.292. The van der Waals surface area contributed by atoms with Gasteiger partial charge in [-0.3, -0.25) is 14.6 Å². The van der Waals surface area contributed by atoms with Gasteiger partial charge in [0.2, 0.25) is 23.5 Å². The van der Waals surface area contributed by atoms with Crippen LogP contribution in [0.25, 0.3) is 5.57 Å². The van der Waals surface area contributed by atoms with Crippen LogP contribution in [0.1, 0.15) is 43.8 Å². The van der Waals surface area contributed by atoms with Crippen LogP contribution < -0.4 is 4.90 Å². The third-order valence-electron chi connectivity index (χ3n) is 7.83. The molecule has 36 heavy (non-hydrogen) atoms. The van der Waals surface area contributed by atoms with E-state index in [1.807, 2.05) is 47.3 Å². The number of piperidine rings is 1. The fourth-order valence-corrected chi connectivity index (χ4v) is 5.78. The molecule has 2 amide bonds. The van der Waals surface area contributed by atoms with Gasteiger partial charge in [0, 0.05) is 61.9 Å². The summed E-state index contributed by atoms with van der Waals surface area (Å²) in [6, 6.07) is 9.74. The van der Waals surface area contributed by atoms with Crippen LogP contribution in [0.3, 0.4) is 0 Å². The average Bonchev–Trinajstić information content (AvgIpc) is 3.62. The third kappa shape index (κ3) is 4.02. The highest BCUT2D eigenvalue weighted by Gasteiger charge is 2.39. The van der Waals surface area contributed by atoms with Crippen LogP contribution >= 0.6 is 0 Å². The van der Waals surface area contributed by atoms with E-state index in [1.165, 1.54) is 0 Å². The second-order valence-electron chi connectivity index (χ2n) is 10.1. The number of hydrogen-bond acceptors (Lipinski definition) is 7. The number of hydrogen-bond donors (Lipinski definition) is 0. The maximum atomic E-state index is 13.2. The standard InChI is InChI=1S/C27H30N6O3/c1-17-22-9-8-19(14-23(22)31(2)29-17)25-28-26(36-30-25)18-10-12-32(13-11-18)27(35)20-15-24(34)33(16-20)21-6-4-3-5-7-21/h3-9,14,18,20,22-23H,10-13,15-16H2,1-2H3/t20-,22?,23?/m0/s1. The number of likely N-dealkylation sites (N-methyl/N-ethyl adjacent to an activating group) is 1. The highest BCUT2D eigenvalue weighted by Crippen LogP contribution is 2.33. The van der Waals surface area contributed by atoms with E-state index in [9.17, 15) is 9.59 Å². The van der Waals surface area contributed by atoms with E-state index in [0.29, 0.717) is 37.3 Å². The maximum Gasteiger partial charge on any atom is 0.230 e. The summed E-state index contributed by atoms with van der Waals surface area (Å²) in [5, 5.41) is 10.8. The predicted octanol–water partition coefficient (Wildman–Crippen LogP) is 3.09. The maximum absolute atomic E-state index is 13.2. The van der Waals surface area contributed by atoms with Crippen LogP contribution in [0.5, 0.6) is 0 Å². The largest absolute Gasteiger partial charge is 0.342 e. The van der Waals surface area contributed by atoms with Gasteiger partial charge in [0.25, 0.3) is 0 Å². The summed E-state index contributed by atoms with van der Waals surface area (Å²) in [4.78, 5) is 34.1. The fraction of sp³-hybridized carbons (Fsp3) is 0.444. The average molecular weight is 487 g/mol. The Bertz CT molecular complexity index is 1260. The first kappa shape index (κ1) is 22.7. The Labute approximate surface area is 210 Å². The second kappa shape index (κ2) is 9.04. The van der Waals surface area contributed by atoms with Crippen LogP contribution in [0.15, 0.2) is 58.2 Å². The molecule has 0 radical (unpaired) electrons. The molecule has 0 saturated carbocycles. The van der Waals surface area contributed by atoms with Gasteiger partial charge in [-0.05, 0) is 38.0 Å². The van der Waals surface area contributed by atoms with E-state index in [1.54, 1.807) is 4.90 Å². The second-order valence-corrected chi connectivity index (χ2v) is 10.1. The van der Waals surface area contributed by atoms with Gasteiger partial charge in [-0.15, -0.1) is 0 Å². The van der Waals surface area contributed by atoms with Crippen molar-refractivity contribution in [1.29, 1.82) is 0 Å². The van der Waals surface area contributed by atoms with E-state index in [-0.39, 0.29) is 36.1 Å². The van der Waals surface area contributed by atoms with Crippen molar-refractivity contribution in [2.24, 2.45) is 16.9 Å². The minimum Gasteiger partial charge on any atom is -0.342 e. The monoisotopic (exact) mass is 486 g/mol. The van der Waals surface area contributed by atoms with Gasteiger partial charge >= 0.3 is 0 Å². The summed E-state index contributed by atoms with van der Waals surface area (Å²) in [7, 11) is 1.98. The van der Waals surface area contributed by atoms with Crippen molar-refractivity contribution in [3.05, 3.63) is 60.3 Å². The SMILES string of the molecule is CC1=NN(C)C2C=C(c3noc(C4CCN(C(=O)[C@H]5CC(=O)N(c6ccccc6)C5)CC4)n3)C=CC12. The molecule has 0 bridgehead atoms. The third-order valence-corrected chi connectivity index (χ3v) is 7.83. The lowest BCUT2D eigenvalue weighted by Crippen LogP contribution is -2.42. The molecule has 3 aliphatic heterocycles. The molecule has 1 aliphatic carbocycles. The number of allylic oxidation sites excluding steroid dienone is 2. The van der Waals surface area contributed by atoms with Crippen molar-refractivity contribution < 1.29 is 14.1 Å². The minimum absolute atomic E-state index is 0.00994. The lowest BCUT2D eigenvalue weighted by Gasteiger charge is -2.32. The molecule has 3 atom stereocenters. The zero-order valence-corrected chi connectivity index (χ0v) is 20.6. The van der Waals surface area contributed by atoms with E-state index in [4.69, 9.17) is 9.51 Å². The summed E-state index contributed by atoms with van der Waals surface area (Å²) in [5.74, 6) is 1.43. The molecule has 9 nitrogen and oxygen atoms in total. The van der Waals surface area contributed by atoms with Gasteiger partial charge < -0.3 is 14.3 Å². The molecule has 2 fully saturated rings. The molecule has 0 N–H and O–H groups in total. The number of carbonyl (C=O) groups is 2. The first-order valence-electron chi connectivity index (χ1n) is 12.6. The Morgan fingerprint density at radius 3 is 2.69 bits per heavy atom. The summed E-state index contributed by atoms with van der Waals surface area (Å²) in [6.45, 7) is 3.76. The van der Waals surface area contributed by atoms with Gasteiger partial charge in [-0.1, -0.05) is 35.5 Å². The van der Waals surface area contributed by atoms with Crippen molar-refractivity contribution in [2.45, 2.75) is 38.1 Å². The lowest BCUT2D eigenvalue weighted by atomic mass is 9.89. The quantitative estimate of drug-likeness (QED) is 0.659. The van der Waals surface area contributed by atoms with Crippen LogP contribution in [0.2, 0.25) is 0 Å². The molecule has 2 saturated heterocycles. The highest BCUT2D eigenvalue weighted by atomic mass is 16.5. The number of amides is 2. The molecular formula is C27H30N6O3. The van der Waals surface area contributed by atoms with Gasteiger partial charge in [0.1, 0.15) is 0 Å². The number of benzene rings is 1. The molecule has 186 valence electrons. The Kier molecular flexibility index (Phi) is 5.70. The molecule has 4 aliphatic rings. The van der Waals surface area contributed by atoms with Crippen molar-refractivity contribution in [2.75, 3.05) is 31.6 Å². The smallest absolute Gasteiger partial charge is 0.230 e. The Balaban J connectivity index is 1.06. The highest BCUT2D eigenvalue weighted by molar-refractivity contribution is 6.00. The summed E-state index contributed by atoms with van der Waals surface area (Å²) < 4.78 is 5.66. The molecule has 9 heteroatoms. The van der Waals surface area contributed by atoms with Crippen LogP contribution in [0, 0.1) is 11.8 Å². The van der Waals surface area contributed by atoms with E-state index < -0.39 is 0 Å². The van der Waals surface area contributed by atoms with Crippen molar-refractivity contribution in [1.82, 2.24) is 20.0 Å². The van der Waals surface area contributed by atoms with Crippen molar-refractivity contribution in [3.63, 3.8) is 0 Å². The summed E-state index contributed by atoms with van der Waals surface area (Å²) in [6.07, 6.45) is 8.18. The van der Waals surface area contributed by atoms with E-state index >= 15 is 0 Å². The molecule has 4 heterocycles. The summed E-state index contributed by atoms with van der Waals surface area (Å²) in [5.41, 5.74) is 2.91. The number of nitrogens with zero attached hydrogens (tertiary/aromatic N) is 6. The topological polar surface area (TPSA) is 95.1 Å². The molecular weight excluding hydrogens is 456 g/mol. The number of rotatable bonds is 4. The number of anilines is 1. The summed E-state index contributed by atoms with van der Waals surface area (Å²) >= 11 is 0. The zero-order chi connectivity index (χ0) is 24.8. The number of hydrazone groups is 1. The van der Waals surface area contributed by atoms with Crippen molar-refractivity contribution in [3.8, 4) is 0 Å². The number of para-hydroxylation sites is 1. The number of aromatic nitrogens is 2. The van der Waals surface area contributed by atoms with Crippen LogP contribution in [-0.2, 0) is 9.59 Å². The molecule has 2 unspecified atom stereocenters. The Hall–Kier alpha value is -3.75. The van der Waals surface area contributed by atoms with Crippen LogP contribution in [-0.4, -0.2) is 70.3 Å². The van der Waals surface area contributed by atoms with Gasteiger partial charge in [0.15, 0.2) is 0 Å². The first-order valence-corrected chi connectivity index (χ1v) is 12.6. The zero-order valence-electron chi connectivity index (χ0n) is 20.6. The predicted molar refractivity (Wildman–Crippen MR) is 135 cm³/mol. The molecule has 1 aromatic heterocycles. The first-order chi connectivity index (χ1) is 17.5. The lowest BCUT2D eigenvalue weighted by molar-refractivity contribution is -0.136. The molecule has 6 rings (SSSR count). The molecule has 1 aromatic carbocycles. The van der Waals surface area contributed by atoms with E-state index in [2.05, 4.69) is 35.4 Å². The Morgan fingerprint density at radius 2 is 1.92 bits per heavy atom. The van der Waals surface area contributed by atoms with Crippen molar-refractivity contribution >= 4 is 28.8 Å². The van der Waals surface area contributed by atoms with Crippen LogP contribution in [0.4, 0.5) is 5.69 Å².